The van der Waals surface area contributed by atoms with Crippen LogP contribution in [0.1, 0.15) is 28.5 Å². The van der Waals surface area contributed by atoms with E-state index in [0.29, 0.717) is 24.1 Å². The molecule has 0 saturated heterocycles. The molecule has 136 valence electrons. The maximum absolute atomic E-state index is 12.2. The summed E-state index contributed by atoms with van der Waals surface area (Å²) in [5.41, 5.74) is 4.59. The molecule has 0 aliphatic heterocycles. The molecule has 3 heterocycles. The van der Waals surface area contributed by atoms with Crippen molar-refractivity contribution in [3.8, 4) is 11.1 Å². The van der Waals surface area contributed by atoms with E-state index in [1.807, 2.05) is 34.9 Å². The molecule has 0 fully saturated rings. The quantitative estimate of drug-likeness (QED) is 0.534. The summed E-state index contributed by atoms with van der Waals surface area (Å²) in [6.07, 6.45) is 7.67. The van der Waals surface area contributed by atoms with Crippen LogP contribution >= 0.6 is 0 Å². The minimum Gasteiger partial charge on any atom is -0.462 e. The Morgan fingerprint density at radius 1 is 1.22 bits per heavy atom. The fraction of sp³-hybridized carbons (Fsp3) is 0.150. The van der Waals surface area contributed by atoms with Crippen molar-refractivity contribution in [2.75, 3.05) is 6.61 Å². The van der Waals surface area contributed by atoms with Crippen LogP contribution in [-0.4, -0.2) is 32.2 Å². The van der Waals surface area contributed by atoms with Gasteiger partial charge >= 0.3 is 5.97 Å². The lowest BCUT2D eigenvalue weighted by Gasteiger charge is -2.08. The number of carbonyl (C=O) groups is 1. The molecule has 2 N–H and O–H groups in total. The molecule has 3 aromatic heterocycles. The maximum Gasteiger partial charge on any atom is 0.338 e. The molecule has 27 heavy (non-hydrogen) atoms. The molecule has 0 atom stereocenters. The van der Waals surface area contributed by atoms with Crippen molar-refractivity contribution < 1.29 is 9.53 Å². The smallest absolute Gasteiger partial charge is 0.338 e. The highest BCUT2D eigenvalue weighted by Gasteiger charge is 2.12. The van der Waals surface area contributed by atoms with Crippen LogP contribution < -0.4 is 5.56 Å². The third kappa shape index (κ3) is 3.27. The number of nitrogens with one attached hydrogen (secondary N) is 2. The van der Waals surface area contributed by atoms with E-state index < -0.39 is 0 Å². The largest absolute Gasteiger partial charge is 0.462 e. The number of aromatic nitrogens is 4. The third-order valence-corrected chi connectivity index (χ3v) is 4.39. The zero-order chi connectivity index (χ0) is 18.8. The van der Waals surface area contributed by atoms with E-state index in [9.17, 15) is 9.59 Å². The van der Waals surface area contributed by atoms with Crippen LogP contribution in [0, 0.1) is 0 Å². The molecule has 0 amide bonds. The highest BCUT2D eigenvalue weighted by molar-refractivity contribution is 5.89. The van der Waals surface area contributed by atoms with Crippen molar-refractivity contribution in [2.45, 2.75) is 13.3 Å². The Morgan fingerprint density at radius 2 is 2.11 bits per heavy atom. The first-order valence-corrected chi connectivity index (χ1v) is 8.63. The van der Waals surface area contributed by atoms with Gasteiger partial charge in [-0.2, -0.15) is 5.10 Å². The van der Waals surface area contributed by atoms with Gasteiger partial charge in [0, 0.05) is 41.8 Å². The zero-order valence-corrected chi connectivity index (χ0v) is 14.7. The maximum atomic E-state index is 12.2. The minimum atomic E-state index is -0.339. The van der Waals surface area contributed by atoms with Crippen LogP contribution in [0.25, 0.3) is 16.6 Å². The summed E-state index contributed by atoms with van der Waals surface area (Å²) in [6.45, 7) is 2.12. The summed E-state index contributed by atoms with van der Waals surface area (Å²) in [5, 5.41) is 6.74. The third-order valence-electron chi connectivity index (χ3n) is 4.39. The fourth-order valence-electron chi connectivity index (χ4n) is 3.10. The van der Waals surface area contributed by atoms with Gasteiger partial charge in [-0.1, -0.05) is 12.1 Å². The topological polar surface area (TPSA) is 92.2 Å². The average Bonchev–Trinajstić information content (AvgIpc) is 3.34. The van der Waals surface area contributed by atoms with Gasteiger partial charge in [-0.05, 0) is 30.7 Å². The predicted octanol–water partition coefficient (Wildman–Crippen LogP) is 2.79. The van der Waals surface area contributed by atoms with Crippen LogP contribution in [0.4, 0.5) is 0 Å². The molecule has 0 saturated carbocycles. The summed E-state index contributed by atoms with van der Waals surface area (Å²) in [7, 11) is 0. The van der Waals surface area contributed by atoms with Crippen molar-refractivity contribution in [2.24, 2.45) is 0 Å². The number of rotatable bonds is 5. The molecule has 0 radical (unpaired) electrons. The number of carbonyl (C=O) groups excluding carboxylic acids is 1. The first-order chi connectivity index (χ1) is 13.2. The average molecular weight is 362 g/mol. The van der Waals surface area contributed by atoms with E-state index in [1.165, 1.54) is 0 Å². The van der Waals surface area contributed by atoms with Crippen LogP contribution in [0.3, 0.4) is 0 Å². The van der Waals surface area contributed by atoms with Gasteiger partial charge in [0.2, 0.25) is 0 Å². The molecule has 7 nitrogen and oxygen atoms in total. The summed E-state index contributed by atoms with van der Waals surface area (Å²) >= 11 is 0. The number of hydrogen-bond acceptors (Lipinski definition) is 4. The van der Waals surface area contributed by atoms with Gasteiger partial charge in [0.05, 0.1) is 18.4 Å². The second-order valence-electron chi connectivity index (χ2n) is 6.18. The number of H-pyrrole nitrogens is 2. The van der Waals surface area contributed by atoms with E-state index in [1.54, 1.807) is 31.6 Å². The van der Waals surface area contributed by atoms with E-state index >= 15 is 0 Å². The van der Waals surface area contributed by atoms with Gasteiger partial charge < -0.3 is 14.1 Å². The second-order valence-corrected chi connectivity index (χ2v) is 6.18. The Kier molecular flexibility index (Phi) is 4.33. The van der Waals surface area contributed by atoms with Gasteiger partial charge in [0.15, 0.2) is 0 Å². The molecule has 4 rings (SSSR count). The fourth-order valence-corrected chi connectivity index (χ4v) is 3.10. The molecule has 0 aliphatic carbocycles. The van der Waals surface area contributed by atoms with Crippen molar-refractivity contribution >= 4 is 11.5 Å². The minimum absolute atomic E-state index is 0.159. The van der Waals surface area contributed by atoms with E-state index in [2.05, 4.69) is 15.2 Å². The first-order valence-electron chi connectivity index (χ1n) is 8.63. The Labute approximate surface area is 154 Å². The lowest BCUT2D eigenvalue weighted by molar-refractivity contribution is 0.0526. The Hall–Kier alpha value is -3.61. The van der Waals surface area contributed by atoms with Crippen molar-refractivity contribution in [3.63, 3.8) is 0 Å². The molecule has 0 bridgehead atoms. The summed E-state index contributed by atoms with van der Waals surface area (Å²) in [5.74, 6) is -0.339. The normalized spacial score (nSPS) is 11.0. The number of aromatic amines is 2. The molecular weight excluding hydrogens is 344 g/mol. The molecule has 0 unspecified atom stereocenters. The van der Waals surface area contributed by atoms with Crippen molar-refractivity contribution in [3.05, 3.63) is 82.3 Å². The lowest BCUT2D eigenvalue weighted by atomic mass is 10.1. The van der Waals surface area contributed by atoms with Crippen LogP contribution in [0.2, 0.25) is 0 Å². The molecule has 0 spiro atoms. The van der Waals surface area contributed by atoms with Crippen molar-refractivity contribution in [1.29, 1.82) is 0 Å². The molecule has 4 aromatic rings. The Bertz CT molecular complexity index is 1160. The molecule has 0 aliphatic rings. The highest BCUT2D eigenvalue weighted by atomic mass is 16.5. The number of ether oxygens (including phenoxy) is 1. The van der Waals surface area contributed by atoms with E-state index in [-0.39, 0.29) is 11.5 Å². The number of nitrogens with zero attached hydrogens (tertiary/aromatic N) is 2. The standard InChI is InChI=1S/C20H18N4O3/c1-2-27-20(26)14-5-3-4-13(6-14)7-17-11-21-19(25)18-8-15(12-24(17)18)16-9-22-23-10-16/h3-6,8-12H,2,7H2,1H3,(H,21,25)(H,22,23). The summed E-state index contributed by atoms with van der Waals surface area (Å²) in [6, 6.07) is 9.16. The number of esters is 1. The molecular formula is C20H18N4O3. The monoisotopic (exact) mass is 362 g/mol. The zero-order valence-electron chi connectivity index (χ0n) is 14.7. The molecule has 1 aromatic carbocycles. The van der Waals surface area contributed by atoms with Crippen LogP contribution in [-0.2, 0) is 11.2 Å². The van der Waals surface area contributed by atoms with E-state index in [0.717, 1.165) is 22.4 Å². The van der Waals surface area contributed by atoms with Crippen molar-refractivity contribution in [1.82, 2.24) is 19.6 Å². The summed E-state index contributed by atoms with van der Waals surface area (Å²) in [4.78, 5) is 27.0. The number of benzene rings is 1. The predicted molar refractivity (Wildman–Crippen MR) is 101 cm³/mol. The number of hydrogen-bond donors (Lipinski definition) is 2. The molecule has 7 heteroatoms. The van der Waals surface area contributed by atoms with Crippen LogP contribution in [0.5, 0.6) is 0 Å². The SMILES string of the molecule is CCOC(=O)c1cccc(Cc2c[nH]c(=O)c3cc(-c4cn[nH]c4)cn23)c1. The Balaban J connectivity index is 1.72. The van der Waals surface area contributed by atoms with E-state index in [4.69, 9.17) is 4.74 Å². The summed E-state index contributed by atoms with van der Waals surface area (Å²) < 4.78 is 6.94. The van der Waals surface area contributed by atoms with Gasteiger partial charge in [-0.25, -0.2) is 4.79 Å². The van der Waals surface area contributed by atoms with Gasteiger partial charge in [-0.3, -0.25) is 9.89 Å². The highest BCUT2D eigenvalue weighted by Crippen LogP contribution is 2.22. The first kappa shape index (κ1) is 16.8. The second kappa shape index (κ2) is 6.95. The van der Waals surface area contributed by atoms with Gasteiger partial charge in [0.25, 0.3) is 5.56 Å². The lowest BCUT2D eigenvalue weighted by Crippen LogP contribution is -2.12. The Morgan fingerprint density at radius 3 is 2.89 bits per heavy atom. The van der Waals surface area contributed by atoms with Crippen LogP contribution in [0.15, 0.2) is 59.9 Å². The number of fused-ring (bicyclic) bond motifs is 1. The van der Waals surface area contributed by atoms with Gasteiger partial charge in [-0.15, -0.1) is 0 Å². The van der Waals surface area contributed by atoms with Gasteiger partial charge in [0.1, 0.15) is 5.52 Å².